The van der Waals surface area contributed by atoms with Crippen molar-refractivity contribution >= 4 is 5.69 Å². The van der Waals surface area contributed by atoms with Crippen LogP contribution in [-0.4, -0.2) is 11.5 Å². The van der Waals surface area contributed by atoms with E-state index in [-0.39, 0.29) is 10.6 Å². The standard InChI is InChI=1S/C17H20N2O2/c1-2-14-7-9-15(10-8-14)13-18-12-11-16-5-3-4-6-17(16)19(20)21/h3-10,18H,2,11-13H2,1H3. The van der Waals surface area contributed by atoms with Gasteiger partial charge in [-0.25, -0.2) is 0 Å². The Morgan fingerprint density at radius 1 is 1.05 bits per heavy atom. The van der Waals surface area contributed by atoms with Gasteiger partial charge in [-0.2, -0.15) is 0 Å². The lowest BCUT2D eigenvalue weighted by Crippen LogP contribution is -2.17. The summed E-state index contributed by atoms with van der Waals surface area (Å²) in [5.74, 6) is 0. The molecule has 110 valence electrons. The molecule has 4 nitrogen and oxygen atoms in total. The zero-order chi connectivity index (χ0) is 15.1. The van der Waals surface area contributed by atoms with Crippen molar-refractivity contribution in [2.75, 3.05) is 6.54 Å². The number of rotatable bonds is 7. The van der Waals surface area contributed by atoms with Crippen LogP contribution in [0.2, 0.25) is 0 Å². The minimum Gasteiger partial charge on any atom is -0.312 e. The van der Waals surface area contributed by atoms with Gasteiger partial charge in [0, 0.05) is 18.2 Å². The minimum absolute atomic E-state index is 0.201. The fourth-order valence-electron chi connectivity index (χ4n) is 2.25. The van der Waals surface area contributed by atoms with E-state index >= 15 is 0 Å². The number of hydrogen-bond donors (Lipinski definition) is 1. The van der Waals surface area contributed by atoms with E-state index in [4.69, 9.17) is 0 Å². The van der Waals surface area contributed by atoms with Crippen LogP contribution in [0.4, 0.5) is 5.69 Å². The number of nitrogens with zero attached hydrogens (tertiary/aromatic N) is 1. The number of nitrogens with one attached hydrogen (secondary N) is 1. The van der Waals surface area contributed by atoms with Gasteiger partial charge in [0.2, 0.25) is 0 Å². The van der Waals surface area contributed by atoms with Gasteiger partial charge in [0.1, 0.15) is 0 Å². The molecule has 0 amide bonds. The molecule has 0 bridgehead atoms. The molecule has 0 atom stereocenters. The molecule has 0 radical (unpaired) electrons. The van der Waals surface area contributed by atoms with E-state index < -0.39 is 0 Å². The lowest BCUT2D eigenvalue weighted by molar-refractivity contribution is -0.385. The van der Waals surface area contributed by atoms with E-state index in [0.29, 0.717) is 6.42 Å². The van der Waals surface area contributed by atoms with Crippen LogP contribution in [0, 0.1) is 10.1 Å². The van der Waals surface area contributed by atoms with Gasteiger partial charge >= 0.3 is 0 Å². The monoisotopic (exact) mass is 284 g/mol. The maximum Gasteiger partial charge on any atom is 0.272 e. The van der Waals surface area contributed by atoms with Crippen LogP contribution in [0.25, 0.3) is 0 Å². The number of benzene rings is 2. The third kappa shape index (κ3) is 4.39. The summed E-state index contributed by atoms with van der Waals surface area (Å²) in [6, 6.07) is 15.4. The second kappa shape index (κ2) is 7.55. The van der Waals surface area contributed by atoms with Crippen molar-refractivity contribution in [2.24, 2.45) is 0 Å². The molecule has 21 heavy (non-hydrogen) atoms. The summed E-state index contributed by atoms with van der Waals surface area (Å²) < 4.78 is 0. The van der Waals surface area contributed by atoms with Gasteiger partial charge in [0.05, 0.1) is 4.92 Å². The Hall–Kier alpha value is -2.20. The summed E-state index contributed by atoms with van der Waals surface area (Å²) >= 11 is 0. The lowest BCUT2D eigenvalue weighted by Gasteiger charge is -2.06. The molecule has 0 fully saturated rings. The summed E-state index contributed by atoms with van der Waals surface area (Å²) in [5, 5.41) is 14.3. The largest absolute Gasteiger partial charge is 0.312 e. The third-order valence-corrected chi connectivity index (χ3v) is 3.52. The van der Waals surface area contributed by atoms with Gasteiger partial charge in [-0.1, -0.05) is 49.4 Å². The van der Waals surface area contributed by atoms with Crippen molar-refractivity contribution in [3.05, 3.63) is 75.3 Å². The lowest BCUT2D eigenvalue weighted by atomic mass is 10.1. The van der Waals surface area contributed by atoms with E-state index in [2.05, 4.69) is 36.5 Å². The van der Waals surface area contributed by atoms with Crippen LogP contribution in [0.15, 0.2) is 48.5 Å². The summed E-state index contributed by atoms with van der Waals surface area (Å²) in [7, 11) is 0. The van der Waals surface area contributed by atoms with Gasteiger partial charge < -0.3 is 5.32 Å². The highest BCUT2D eigenvalue weighted by atomic mass is 16.6. The first-order valence-corrected chi connectivity index (χ1v) is 7.21. The molecule has 0 aromatic heterocycles. The first kappa shape index (κ1) is 15.2. The van der Waals surface area contributed by atoms with Crippen LogP contribution in [0.1, 0.15) is 23.6 Å². The Morgan fingerprint density at radius 3 is 2.38 bits per heavy atom. The fraction of sp³-hybridized carbons (Fsp3) is 0.294. The molecule has 4 heteroatoms. The van der Waals surface area contributed by atoms with E-state index in [1.165, 1.54) is 11.1 Å². The molecule has 0 unspecified atom stereocenters. The van der Waals surface area contributed by atoms with E-state index in [1.54, 1.807) is 12.1 Å². The van der Waals surface area contributed by atoms with Gasteiger partial charge in [-0.05, 0) is 30.5 Å². The molecule has 0 aliphatic carbocycles. The molecule has 2 rings (SSSR count). The average Bonchev–Trinajstić information content (AvgIpc) is 2.52. The highest BCUT2D eigenvalue weighted by Gasteiger charge is 2.11. The van der Waals surface area contributed by atoms with Gasteiger partial charge in [0.25, 0.3) is 5.69 Å². The highest BCUT2D eigenvalue weighted by molar-refractivity contribution is 5.39. The summed E-state index contributed by atoms with van der Waals surface area (Å²) in [4.78, 5) is 10.6. The molecular formula is C17H20N2O2. The quantitative estimate of drug-likeness (QED) is 0.481. The van der Waals surface area contributed by atoms with Crippen LogP contribution >= 0.6 is 0 Å². The number of para-hydroxylation sites is 1. The molecule has 0 aliphatic heterocycles. The Labute approximate surface area is 125 Å². The Balaban J connectivity index is 1.83. The predicted molar refractivity (Wildman–Crippen MR) is 84.3 cm³/mol. The SMILES string of the molecule is CCc1ccc(CNCCc2ccccc2[N+](=O)[O-])cc1. The molecule has 0 saturated carbocycles. The second-order valence-corrected chi connectivity index (χ2v) is 4.98. The fourth-order valence-corrected chi connectivity index (χ4v) is 2.25. The summed E-state index contributed by atoms with van der Waals surface area (Å²) in [5.41, 5.74) is 3.54. The van der Waals surface area contributed by atoms with Crippen molar-refractivity contribution in [1.82, 2.24) is 5.32 Å². The smallest absolute Gasteiger partial charge is 0.272 e. The molecule has 0 aliphatic rings. The van der Waals surface area contributed by atoms with Gasteiger partial charge in [-0.3, -0.25) is 10.1 Å². The molecule has 2 aromatic carbocycles. The number of nitro benzene ring substituents is 1. The Morgan fingerprint density at radius 2 is 1.71 bits per heavy atom. The molecule has 1 N–H and O–H groups in total. The maximum atomic E-state index is 10.9. The van der Waals surface area contributed by atoms with E-state index in [0.717, 1.165) is 25.1 Å². The van der Waals surface area contributed by atoms with Crippen LogP contribution in [0.3, 0.4) is 0 Å². The van der Waals surface area contributed by atoms with Crippen LogP contribution in [0.5, 0.6) is 0 Å². The molecule has 0 saturated heterocycles. The maximum absolute atomic E-state index is 10.9. The molecular weight excluding hydrogens is 264 g/mol. The number of nitro groups is 1. The van der Waals surface area contributed by atoms with Crippen molar-refractivity contribution in [3.8, 4) is 0 Å². The van der Waals surface area contributed by atoms with Crippen molar-refractivity contribution in [3.63, 3.8) is 0 Å². The molecule has 0 heterocycles. The average molecular weight is 284 g/mol. The topological polar surface area (TPSA) is 55.2 Å². The zero-order valence-electron chi connectivity index (χ0n) is 12.2. The summed E-state index contributed by atoms with van der Waals surface area (Å²) in [6.45, 7) is 3.64. The van der Waals surface area contributed by atoms with Gasteiger partial charge in [-0.15, -0.1) is 0 Å². The zero-order valence-corrected chi connectivity index (χ0v) is 12.2. The van der Waals surface area contributed by atoms with Gasteiger partial charge in [0.15, 0.2) is 0 Å². The normalized spacial score (nSPS) is 10.5. The van der Waals surface area contributed by atoms with Crippen molar-refractivity contribution in [2.45, 2.75) is 26.3 Å². The van der Waals surface area contributed by atoms with Crippen LogP contribution < -0.4 is 5.32 Å². The van der Waals surface area contributed by atoms with E-state index in [9.17, 15) is 10.1 Å². The first-order chi connectivity index (χ1) is 10.2. The number of aryl methyl sites for hydroxylation is 1. The second-order valence-electron chi connectivity index (χ2n) is 4.98. The third-order valence-electron chi connectivity index (χ3n) is 3.52. The molecule has 2 aromatic rings. The first-order valence-electron chi connectivity index (χ1n) is 7.21. The Kier molecular flexibility index (Phi) is 5.46. The van der Waals surface area contributed by atoms with Crippen molar-refractivity contribution < 1.29 is 4.92 Å². The molecule has 0 spiro atoms. The minimum atomic E-state index is -0.321. The predicted octanol–water partition coefficient (Wildman–Crippen LogP) is 3.49. The van der Waals surface area contributed by atoms with E-state index in [1.807, 2.05) is 12.1 Å². The van der Waals surface area contributed by atoms with Crippen LogP contribution in [-0.2, 0) is 19.4 Å². The Bertz CT molecular complexity index is 594. The summed E-state index contributed by atoms with van der Waals surface area (Å²) in [6.07, 6.45) is 1.70. The number of hydrogen-bond acceptors (Lipinski definition) is 3. The van der Waals surface area contributed by atoms with Crippen molar-refractivity contribution in [1.29, 1.82) is 0 Å². The highest BCUT2D eigenvalue weighted by Crippen LogP contribution is 2.17.